The van der Waals surface area contributed by atoms with E-state index >= 15 is 0 Å². The van der Waals surface area contributed by atoms with E-state index in [1.165, 1.54) is 11.1 Å². The van der Waals surface area contributed by atoms with Gasteiger partial charge < -0.3 is 4.74 Å². The molecule has 2 heteroatoms. The van der Waals surface area contributed by atoms with Gasteiger partial charge in [0.25, 0.3) is 0 Å². The summed E-state index contributed by atoms with van der Waals surface area (Å²) in [5.74, 6) is -0.127. The summed E-state index contributed by atoms with van der Waals surface area (Å²) in [7, 11) is 0. The Morgan fingerprint density at radius 2 is 1.93 bits per heavy atom. The summed E-state index contributed by atoms with van der Waals surface area (Å²) in [6, 6.07) is 0. The normalized spacial score (nSPS) is 24.9. The highest BCUT2D eigenvalue weighted by Crippen LogP contribution is 2.43. The molecule has 0 aliphatic heterocycles. The number of esters is 1. The molecule has 86 valence electrons. The molecule has 0 aromatic heterocycles. The van der Waals surface area contributed by atoms with Crippen LogP contribution in [0.3, 0.4) is 0 Å². The third-order valence-corrected chi connectivity index (χ3v) is 3.63. The van der Waals surface area contributed by atoms with Gasteiger partial charge in [0.15, 0.2) is 0 Å². The average Bonchev–Trinajstić information content (AvgIpc) is 2.30. The van der Waals surface area contributed by atoms with Gasteiger partial charge in [-0.05, 0) is 13.8 Å². The molecule has 0 aromatic carbocycles. The zero-order valence-corrected chi connectivity index (χ0v) is 10.7. The summed E-state index contributed by atoms with van der Waals surface area (Å²) in [6.45, 7) is 12.3. The number of hydrogen-bond donors (Lipinski definition) is 0. The van der Waals surface area contributed by atoms with Crippen LogP contribution < -0.4 is 0 Å². The predicted octanol–water partition coefficient (Wildman–Crippen LogP) is 3.32. The third kappa shape index (κ3) is 2.24. The number of carbonyl (C=O) groups is 1. The summed E-state index contributed by atoms with van der Waals surface area (Å²) in [5, 5.41) is 0. The molecular formula is C13H22O2. The largest absolute Gasteiger partial charge is 0.461 e. The second kappa shape index (κ2) is 3.99. The van der Waals surface area contributed by atoms with E-state index in [-0.39, 0.29) is 23.4 Å². The molecule has 0 spiro atoms. The topological polar surface area (TPSA) is 26.3 Å². The Balaban J connectivity index is 2.73. The molecule has 0 radical (unpaired) electrons. The first kappa shape index (κ1) is 12.3. The Morgan fingerprint density at radius 1 is 1.40 bits per heavy atom. The van der Waals surface area contributed by atoms with E-state index in [4.69, 9.17) is 4.74 Å². The van der Waals surface area contributed by atoms with Crippen LogP contribution in [-0.4, -0.2) is 12.1 Å². The highest BCUT2D eigenvalue weighted by molar-refractivity contribution is 5.72. The first-order valence-corrected chi connectivity index (χ1v) is 5.64. The molecule has 0 heterocycles. The maximum atomic E-state index is 11.6. The van der Waals surface area contributed by atoms with Crippen LogP contribution >= 0.6 is 0 Å². The lowest BCUT2D eigenvalue weighted by atomic mass is 9.84. The van der Waals surface area contributed by atoms with Crippen molar-refractivity contribution in [2.75, 3.05) is 0 Å². The quantitative estimate of drug-likeness (QED) is 0.516. The van der Waals surface area contributed by atoms with Crippen molar-refractivity contribution in [3.63, 3.8) is 0 Å². The molecule has 0 saturated carbocycles. The summed E-state index contributed by atoms with van der Waals surface area (Å²) in [5.41, 5.74) is 2.72. The monoisotopic (exact) mass is 210 g/mol. The van der Waals surface area contributed by atoms with Gasteiger partial charge in [-0.25, -0.2) is 0 Å². The fourth-order valence-corrected chi connectivity index (χ4v) is 1.94. The van der Waals surface area contributed by atoms with Crippen LogP contribution in [0, 0.1) is 11.3 Å². The smallest absolute Gasteiger partial charge is 0.308 e. The zero-order chi connectivity index (χ0) is 11.8. The van der Waals surface area contributed by atoms with Crippen molar-refractivity contribution in [1.29, 1.82) is 0 Å². The van der Waals surface area contributed by atoms with Crippen LogP contribution in [0.2, 0.25) is 0 Å². The lowest BCUT2D eigenvalue weighted by Crippen LogP contribution is -2.32. The van der Waals surface area contributed by atoms with Crippen molar-refractivity contribution in [1.82, 2.24) is 0 Å². The minimum Gasteiger partial charge on any atom is -0.461 e. The Bertz CT molecular complexity index is 298. The van der Waals surface area contributed by atoms with Crippen molar-refractivity contribution in [3.05, 3.63) is 11.1 Å². The first-order valence-electron chi connectivity index (χ1n) is 5.64. The number of ether oxygens (including phenoxy) is 1. The van der Waals surface area contributed by atoms with E-state index in [0.717, 1.165) is 6.42 Å². The van der Waals surface area contributed by atoms with Crippen molar-refractivity contribution in [3.8, 4) is 0 Å². The number of carbonyl (C=O) groups excluding carboxylic acids is 1. The predicted molar refractivity (Wildman–Crippen MR) is 61.5 cm³/mol. The Hall–Kier alpha value is -0.790. The third-order valence-electron chi connectivity index (χ3n) is 3.63. The van der Waals surface area contributed by atoms with Gasteiger partial charge in [0.1, 0.15) is 6.10 Å². The van der Waals surface area contributed by atoms with Gasteiger partial charge in [-0.1, -0.05) is 38.8 Å². The second-order valence-corrected chi connectivity index (χ2v) is 5.41. The molecule has 1 unspecified atom stereocenters. The summed E-state index contributed by atoms with van der Waals surface area (Å²) < 4.78 is 5.55. The van der Waals surface area contributed by atoms with E-state index in [2.05, 4.69) is 27.7 Å². The van der Waals surface area contributed by atoms with E-state index in [9.17, 15) is 4.79 Å². The van der Waals surface area contributed by atoms with E-state index < -0.39 is 0 Å². The summed E-state index contributed by atoms with van der Waals surface area (Å²) in [6.07, 6.45) is 0.907. The van der Waals surface area contributed by atoms with Crippen LogP contribution in [0.4, 0.5) is 0 Å². The lowest BCUT2D eigenvalue weighted by molar-refractivity contribution is -0.156. The minimum atomic E-state index is -0.0874. The molecule has 0 bridgehead atoms. The van der Waals surface area contributed by atoms with E-state index in [0.29, 0.717) is 0 Å². The molecule has 1 rings (SSSR count). The van der Waals surface area contributed by atoms with Crippen LogP contribution in [0.15, 0.2) is 11.1 Å². The highest BCUT2D eigenvalue weighted by atomic mass is 16.5. The average molecular weight is 210 g/mol. The van der Waals surface area contributed by atoms with Gasteiger partial charge in [-0.3, -0.25) is 4.79 Å². The van der Waals surface area contributed by atoms with Gasteiger partial charge in [0.2, 0.25) is 0 Å². The molecule has 1 aliphatic rings. The summed E-state index contributed by atoms with van der Waals surface area (Å²) in [4.78, 5) is 11.6. The molecule has 0 saturated heterocycles. The Kier molecular flexibility index (Phi) is 3.27. The van der Waals surface area contributed by atoms with E-state index in [1.54, 1.807) is 0 Å². The second-order valence-electron chi connectivity index (χ2n) is 5.41. The van der Waals surface area contributed by atoms with Gasteiger partial charge in [-0.2, -0.15) is 0 Å². The lowest BCUT2D eigenvalue weighted by Gasteiger charge is -2.29. The van der Waals surface area contributed by atoms with Gasteiger partial charge >= 0.3 is 5.97 Å². The fraction of sp³-hybridized carbons (Fsp3) is 0.769. The Morgan fingerprint density at radius 3 is 2.27 bits per heavy atom. The molecule has 0 N–H and O–H groups in total. The van der Waals surface area contributed by atoms with Gasteiger partial charge in [0.05, 0.1) is 5.92 Å². The molecule has 1 aliphatic carbocycles. The van der Waals surface area contributed by atoms with Gasteiger partial charge in [0, 0.05) is 11.8 Å². The van der Waals surface area contributed by atoms with E-state index in [1.807, 2.05) is 13.8 Å². The number of hydrogen-bond acceptors (Lipinski definition) is 2. The highest BCUT2D eigenvalue weighted by Gasteiger charge is 2.40. The molecule has 0 amide bonds. The molecule has 1 atom stereocenters. The van der Waals surface area contributed by atoms with Crippen LogP contribution in [0.25, 0.3) is 0 Å². The maximum absolute atomic E-state index is 11.6. The van der Waals surface area contributed by atoms with Crippen LogP contribution in [0.1, 0.15) is 48.0 Å². The van der Waals surface area contributed by atoms with Crippen molar-refractivity contribution in [2.45, 2.75) is 54.1 Å². The standard InChI is InChI=1S/C13H22O2/c1-8(2)12(14)15-11-7-9(3)10(4)13(11,5)6/h8,11H,7H2,1-6H3. The SMILES string of the molecule is CC1=C(C)C(C)(C)C(OC(=O)C(C)C)C1. The van der Waals surface area contributed by atoms with Crippen LogP contribution in [-0.2, 0) is 9.53 Å². The number of rotatable bonds is 2. The van der Waals surface area contributed by atoms with Crippen molar-refractivity contribution >= 4 is 5.97 Å². The molecule has 0 fully saturated rings. The van der Waals surface area contributed by atoms with Gasteiger partial charge in [-0.15, -0.1) is 0 Å². The van der Waals surface area contributed by atoms with Crippen molar-refractivity contribution < 1.29 is 9.53 Å². The first-order chi connectivity index (χ1) is 6.76. The zero-order valence-electron chi connectivity index (χ0n) is 10.7. The van der Waals surface area contributed by atoms with Crippen molar-refractivity contribution in [2.24, 2.45) is 11.3 Å². The molecule has 2 nitrogen and oxygen atoms in total. The minimum absolute atomic E-state index is 0.00532. The Labute approximate surface area is 92.7 Å². The molecular weight excluding hydrogens is 188 g/mol. The molecule has 15 heavy (non-hydrogen) atoms. The van der Waals surface area contributed by atoms with Crippen LogP contribution in [0.5, 0.6) is 0 Å². The maximum Gasteiger partial charge on any atom is 0.308 e. The molecule has 0 aromatic rings. The fourth-order valence-electron chi connectivity index (χ4n) is 1.94. The summed E-state index contributed by atoms with van der Waals surface area (Å²) >= 11 is 0.